The van der Waals surface area contributed by atoms with Crippen LogP contribution < -0.4 is 32.3 Å². The molecule has 1 rings (SSSR count). The van der Waals surface area contributed by atoms with E-state index in [9.17, 15) is 19.2 Å². The zero-order valence-electron chi connectivity index (χ0n) is 16.3. The van der Waals surface area contributed by atoms with E-state index >= 15 is 0 Å². The number of hydrogen-bond acceptors (Lipinski definition) is 5. The summed E-state index contributed by atoms with van der Waals surface area (Å²) in [6.45, 7) is 3.27. The van der Waals surface area contributed by atoms with E-state index in [1.807, 2.05) is 19.1 Å². The molecule has 1 aliphatic rings. The third-order valence-electron chi connectivity index (χ3n) is 3.98. The number of carbonyl (C=O) groups is 4. The molecule has 0 fully saturated rings. The molecular formula is C18H30N6O4. The first-order valence-electron chi connectivity index (χ1n) is 9.24. The van der Waals surface area contributed by atoms with Crippen LogP contribution in [0.1, 0.15) is 26.2 Å². The summed E-state index contributed by atoms with van der Waals surface area (Å²) in [6, 6.07) is -2.70. The minimum absolute atomic E-state index is 0.0235. The van der Waals surface area contributed by atoms with Gasteiger partial charge in [-0.25, -0.2) is 4.79 Å². The minimum Gasteiger partial charge on any atom is -0.370 e. The van der Waals surface area contributed by atoms with Gasteiger partial charge in [-0.1, -0.05) is 24.3 Å². The second-order valence-electron chi connectivity index (χ2n) is 6.41. The fourth-order valence-corrected chi connectivity index (χ4v) is 2.48. The van der Waals surface area contributed by atoms with Crippen molar-refractivity contribution in [2.45, 2.75) is 44.3 Å². The predicted molar refractivity (Wildman–Crippen MR) is 105 cm³/mol. The highest BCUT2D eigenvalue weighted by Gasteiger charge is 2.26. The van der Waals surface area contributed by atoms with Gasteiger partial charge in [0.25, 0.3) is 0 Å². The maximum atomic E-state index is 12.6. The van der Waals surface area contributed by atoms with Crippen LogP contribution in [0.5, 0.6) is 0 Å². The topological polar surface area (TPSA) is 154 Å². The van der Waals surface area contributed by atoms with Gasteiger partial charge >= 0.3 is 6.03 Å². The summed E-state index contributed by atoms with van der Waals surface area (Å²) in [4.78, 5) is 47.8. The van der Waals surface area contributed by atoms with Gasteiger partial charge in [-0.3, -0.25) is 14.4 Å². The van der Waals surface area contributed by atoms with Crippen molar-refractivity contribution in [1.82, 2.24) is 26.6 Å². The quantitative estimate of drug-likeness (QED) is 0.307. The van der Waals surface area contributed by atoms with Crippen molar-refractivity contribution in [1.29, 1.82) is 0 Å². The van der Waals surface area contributed by atoms with Crippen molar-refractivity contribution in [3.8, 4) is 0 Å². The SMILES string of the molecule is CNC(=O)NC(CCC(N)=O)C(=O)NC1C=CCCNCC=CC(C)NC1=O. The molecule has 0 radical (unpaired) electrons. The number of rotatable bonds is 6. The normalized spacial score (nSPS) is 21.4. The summed E-state index contributed by atoms with van der Waals surface area (Å²) < 4.78 is 0. The van der Waals surface area contributed by atoms with Crippen molar-refractivity contribution in [3.05, 3.63) is 24.3 Å². The molecule has 1 heterocycles. The first-order chi connectivity index (χ1) is 13.3. The molecule has 10 nitrogen and oxygen atoms in total. The average molecular weight is 394 g/mol. The Labute approximate surface area is 164 Å². The lowest BCUT2D eigenvalue weighted by atomic mass is 10.1. The molecule has 10 heteroatoms. The van der Waals surface area contributed by atoms with Gasteiger partial charge in [0.05, 0.1) is 0 Å². The molecule has 1 aliphatic heterocycles. The monoisotopic (exact) mass is 394 g/mol. The van der Waals surface area contributed by atoms with Crippen LogP contribution in [0, 0.1) is 0 Å². The summed E-state index contributed by atoms with van der Waals surface area (Å²) >= 11 is 0. The van der Waals surface area contributed by atoms with E-state index in [1.54, 1.807) is 12.2 Å². The van der Waals surface area contributed by atoms with Crippen LogP contribution in [0.4, 0.5) is 4.79 Å². The van der Waals surface area contributed by atoms with E-state index in [0.717, 1.165) is 6.54 Å². The van der Waals surface area contributed by atoms with Crippen molar-refractivity contribution >= 4 is 23.8 Å². The third-order valence-corrected chi connectivity index (χ3v) is 3.98. The number of nitrogens with one attached hydrogen (secondary N) is 5. The van der Waals surface area contributed by atoms with E-state index in [2.05, 4.69) is 26.6 Å². The summed E-state index contributed by atoms with van der Waals surface area (Å²) in [5.74, 6) is -1.54. The van der Waals surface area contributed by atoms with Crippen molar-refractivity contribution < 1.29 is 19.2 Å². The Hall–Kier alpha value is -2.88. The maximum Gasteiger partial charge on any atom is 0.315 e. The number of nitrogens with two attached hydrogens (primary N) is 1. The standard InChI is InChI=1S/C18H30N6O4/c1-12-6-5-11-21-10-4-3-7-13(16(26)22-12)23-17(27)14(8-9-15(19)25)24-18(28)20-2/h3,5-7,12-14,21H,4,8-11H2,1-2H3,(H2,19,25)(H,22,26)(H,23,27)(H2,20,24,28). The Morgan fingerprint density at radius 2 is 2.04 bits per heavy atom. The van der Waals surface area contributed by atoms with E-state index in [0.29, 0.717) is 13.0 Å². The summed E-state index contributed by atoms with van der Waals surface area (Å²) in [5, 5.41) is 13.5. The second kappa shape index (κ2) is 12.5. The highest BCUT2D eigenvalue weighted by Crippen LogP contribution is 2.01. The molecule has 3 unspecified atom stereocenters. The molecule has 0 aromatic rings. The Kier molecular flexibility index (Phi) is 10.3. The Morgan fingerprint density at radius 3 is 2.71 bits per heavy atom. The molecule has 7 N–H and O–H groups in total. The highest BCUT2D eigenvalue weighted by molar-refractivity contribution is 5.93. The fraction of sp³-hybridized carbons (Fsp3) is 0.556. The minimum atomic E-state index is -1.01. The Morgan fingerprint density at radius 1 is 1.29 bits per heavy atom. The molecule has 3 atom stereocenters. The van der Waals surface area contributed by atoms with Crippen LogP contribution in [0.15, 0.2) is 24.3 Å². The van der Waals surface area contributed by atoms with Gasteiger partial charge in [0.2, 0.25) is 17.7 Å². The van der Waals surface area contributed by atoms with Crippen molar-refractivity contribution in [2.75, 3.05) is 20.1 Å². The molecule has 0 saturated carbocycles. The van der Waals surface area contributed by atoms with Gasteiger partial charge in [-0.2, -0.15) is 0 Å². The molecule has 0 aromatic carbocycles. The van der Waals surface area contributed by atoms with Gasteiger partial charge < -0.3 is 32.3 Å². The van der Waals surface area contributed by atoms with Crippen LogP contribution in [-0.2, 0) is 14.4 Å². The van der Waals surface area contributed by atoms with Gasteiger partial charge in [-0.05, 0) is 26.3 Å². The zero-order valence-corrected chi connectivity index (χ0v) is 16.3. The smallest absolute Gasteiger partial charge is 0.315 e. The van der Waals surface area contributed by atoms with Crippen LogP contribution in [0.3, 0.4) is 0 Å². The van der Waals surface area contributed by atoms with Gasteiger partial charge in [0.1, 0.15) is 12.1 Å². The van der Waals surface area contributed by atoms with Crippen LogP contribution in [-0.4, -0.2) is 62.0 Å². The number of amides is 5. The maximum absolute atomic E-state index is 12.6. The van der Waals surface area contributed by atoms with Crippen LogP contribution in [0.2, 0.25) is 0 Å². The van der Waals surface area contributed by atoms with Gasteiger partial charge in [0, 0.05) is 26.1 Å². The van der Waals surface area contributed by atoms with E-state index in [-0.39, 0.29) is 24.8 Å². The van der Waals surface area contributed by atoms with E-state index in [1.165, 1.54) is 7.05 Å². The van der Waals surface area contributed by atoms with E-state index < -0.39 is 29.9 Å². The highest BCUT2D eigenvalue weighted by atomic mass is 16.2. The Balaban J connectivity index is 2.87. The van der Waals surface area contributed by atoms with Crippen molar-refractivity contribution in [2.24, 2.45) is 5.73 Å². The summed E-state index contributed by atoms with van der Waals surface area (Å²) in [5.41, 5.74) is 5.14. The molecule has 0 aromatic heterocycles. The van der Waals surface area contributed by atoms with Gasteiger partial charge in [-0.15, -0.1) is 0 Å². The zero-order chi connectivity index (χ0) is 20.9. The largest absolute Gasteiger partial charge is 0.370 e. The second-order valence-corrected chi connectivity index (χ2v) is 6.41. The Bertz CT molecular complexity index is 619. The number of hydrogen-bond donors (Lipinski definition) is 6. The van der Waals surface area contributed by atoms with Crippen molar-refractivity contribution in [3.63, 3.8) is 0 Å². The summed E-state index contributed by atoms with van der Waals surface area (Å²) in [6.07, 6.45) is 7.83. The van der Waals surface area contributed by atoms with E-state index in [4.69, 9.17) is 5.73 Å². The first-order valence-corrected chi connectivity index (χ1v) is 9.24. The lowest BCUT2D eigenvalue weighted by Crippen LogP contribution is -2.55. The first kappa shape index (κ1) is 23.2. The molecular weight excluding hydrogens is 364 g/mol. The molecule has 28 heavy (non-hydrogen) atoms. The number of urea groups is 1. The average Bonchev–Trinajstić information content (AvgIpc) is 2.64. The van der Waals surface area contributed by atoms with Gasteiger partial charge in [0.15, 0.2) is 0 Å². The molecule has 0 bridgehead atoms. The molecule has 0 aliphatic carbocycles. The predicted octanol–water partition coefficient (Wildman–Crippen LogP) is -1.36. The molecule has 5 amide bonds. The molecule has 0 saturated heterocycles. The molecule has 0 spiro atoms. The van der Waals surface area contributed by atoms with Crippen LogP contribution in [0.25, 0.3) is 0 Å². The van der Waals surface area contributed by atoms with Crippen LogP contribution >= 0.6 is 0 Å². The lowest BCUT2D eigenvalue weighted by Gasteiger charge is -2.22. The number of primary amides is 1. The molecule has 156 valence electrons. The summed E-state index contributed by atoms with van der Waals surface area (Å²) in [7, 11) is 1.41. The lowest BCUT2D eigenvalue weighted by molar-refractivity contribution is -0.129. The fourth-order valence-electron chi connectivity index (χ4n) is 2.48. The number of carbonyl (C=O) groups excluding carboxylic acids is 4. The third kappa shape index (κ3) is 9.17.